The van der Waals surface area contributed by atoms with E-state index in [1.807, 2.05) is 44.4 Å². The minimum Gasteiger partial charge on any atom is -0.512 e. The zero-order valence-electron chi connectivity index (χ0n) is 26.4. The molecule has 5 aliphatic rings. The lowest BCUT2D eigenvalue weighted by Crippen LogP contribution is -2.57. The predicted molar refractivity (Wildman–Crippen MR) is 170 cm³/mol. The van der Waals surface area contributed by atoms with Crippen LogP contribution in [0, 0.1) is 29.1 Å². The summed E-state index contributed by atoms with van der Waals surface area (Å²) in [6, 6.07) is 5.03. The van der Waals surface area contributed by atoms with Gasteiger partial charge in [0.2, 0.25) is 5.91 Å². The fourth-order valence-electron chi connectivity index (χ4n) is 9.48. The van der Waals surface area contributed by atoms with Gasteiger partial charge < -0.3 is 21.1 Å². The van der Waals surface area contributed by atoms with E-state index in [-0.39, 0.29) is 51.9 Å². The number of pyridine rings is 1. The summed E-state index contributed by atoms with van der Waals surface area (Å²) in [5.74, 6) is -2.25. The first kappa shape index (κ1) is 30.0. The van der Waals surface area contributed by atoms with Gasteiger partial charge >= 0.3 is 0 Å². The van der Waals surface area contributed by atoms with Crippen molar-refractivity contribution >= 4 is 11.7 Å². The Morgan fingerprint density at radius 3 is 2.49 bits per heavy atom. The monoisotopic (exact) mass is 612 g/mol. The zero-order valence-corrected chi connectivity index (χ0v) is 26.4. The highest BCUT2D eigenvalue weighted by atomic mass is 16.3. The van der Waals surface area contributed by atoms with E-state index in [1.54, 1.807) is 6.07 Å². The first-order chi connectivity index (χ1) is 21.5. The predicted octanol–water partition coefficient (Wildman–Crippen LogP) is 4.90. The Morgan fingerprint density at radius 2 is 1.82 bits per heavy atom. The maximum absolute atomic E-state index is 14.4. The summed E-state index contributed by atoms with van der Waals surface area (Å²) in [6.07, 6.45) is 10.1. The topological polar surface area (TPSA) is 140 Å². The van der Waals surface area contributed by atoms with Crippen LogP contribution in [0.1, 0.15) is 66.9 Å². The van der Waals surface area contributed by atoms with Gasteiger partial charge in [-0.2, -0.15) is 0 Å². The van der Waals surface area contributed by atoms with E-state index in [9.17, 15) is 24.9 Å². The fourth-order valence-corrected chi connectivity index (χ4v) is 9.48. The molecule has 1 saturated heterocycles. The zero-order chi connectivity index (χ0) is 31.8. The molecule has 1 aromatic heterocycles. The van der Waals surface area contributed by atoms with Crippen molar-refractivity contribution in [3.63, 3.8) is 0 Å². The number of aliphatic hydroxyl groups is 2. The minimum absolute atomic E-state index is 0.0168. The average Bonchev–Trinajstić information content (AvgIpc) is 3.84. The maximum Gasteiger partial charge on any atom is 0.248 e. The second-order valence-corrected chi connectivity index (χ2v) is 14.4. The van der Waals surface area contributed by atoms with Gasteiger partial charge in [0, 0.05) is 41.4 Å². The number of nitrogens with zero attached hydrogens (tertiary/aromatic N) is 3. The Morgan fingerprint density at radius 1 is 1.09 bits per heavy atom. The number of hydrogen-bond acceptors (Lipinski definition) is 8. The number of phenols is 1. The van der Waals surface area contributed by atoms with E-state index in [0.29, 0.717) is 18.4 Å². The van der Waals surface area contributed by atoms with Crippen molar-refractivity contribution in [3.05, 3.63) is 69.9 Å². The van der Waals surface area contributed by atoms with Crippen LogP contribution in [0.3, 0.4) is 0 Å². The molecule has 1 aromatic carbocycles. The van der Waals surface area contributed by atoms with Crippen LogP contribution >= 0.6 is 0 Å². The standard InChI is InChI=1S/C36H44N4O5/c1-36(22-7-8-22)29-25(31(39(2)3)34(44)30(36)35(37)45)15-20-14-24-23(9-10-26(41)28(24)32(42)27(20)33(29)43)21-13-19(16-38-17-21)18-40-11-5-4-6-12-40/h9-10,13,16-17,20,22,25,29,31,41,43-44H,4-8,11-12,14-15,18H2,1-3H3,(H2,37,45)/t20?,25?,29?,31-,36?/m0/s1. The number of amides is 1. The van der Waals surface area contributed by atoms with Crippen molar-refractivity contribution in [3.8, 4) is 16.9 Å². The number of likely N-dealkylation sites (N-methyl/N-ethyl adjacent to an activating group) is 1. The van der Waals surface area contributed by atoms with Crippen molar-refractivity contribution in [2.75, 3.05) is 27.2 Å². The van der Waals surface area contributed by atoms with Gasteiger partial charge in [0.25, 0.3) is 0 Å². The molecule has 7 rings (SSSR count). The summed E-state index contributed by atoms with van der Waals surface area (Å²) in [6.45, 7) is 4.90. The summed E-state index contributed by atoms with van der Waals surface area (Å²) < 4.78 is 0. The molecule has 45 heavy (non-hydrogen) atoms. The molecule has 5 atom stereocenters. The Balaban J connectivity index is 1.33. The number of carbonyl (C=O) groups excluding carboxylic acids is 2. The molecule has 5 N–H and O–H groups in total. The van der Waals surface area contributed by atoms with Crippen molar-refractivity contribution < 1.29 is 24.9 Å². The summed E-state index contributed by atoms with van der Waals surface area (Å²) in [4.78, 5) is 36.2. The number of aromatic hydroxyl groups is 1. The van der Waals surface area contributed by atoms with Crippen LogP contribution in [-0.4, -0.2) is 75.0 Å². The van der Waals surface area contributed by atoms with Gasteiger partial charge in [0.05, 0.1) is 17.2 Å². The number of phenolic OH excluding ortho intramolecular Hbond substituents is 1. The minimum atomic E-state index is -0.903. The third kappa shape index (κ3) is 4.69. The number of piperidine rings is 1. The third-order valence-electron chi connectivity index (χ3n) is 11.5. The largest absolute Gasteiger partial charge is 0.512 e. The highest BCUT2D eigenvalue weighted by molar-refractivity contribution is 6.14. The normalized spacial score (nSPS) is 30.3. The van der Waals surface area contributed by atoms with Gasteiger partial charge in [0.15, 0.2) is 5.78 Å². The summed E-state index contributed by atoms with van der Waals surface area (Å²) in [7, 11) is 3.71. The summed E-state index contributed by atoms with van der Waals surface area (Å²) in [5, 5.41) is 34.9. The molecule has 1 aliphatic heterocycles. The van der Waals surface area contributed by atoms with Gasteiger partial charge in [-0.15, -0.1) is 0 Å². The number of aliphatic hydroxyl groups excluding tert-OH is 2. The molecule has 2 heterocycles. The van der Waals surface area contributed by atoms with Gasteiger partial charge in [-0.05, 0) is 112 Å². The van der Waals surface area contributed by atoms with E-state index in [0.717, 1.165) is 54.7 Å². The van der Waals surface area contributed by atoms with Crippen LogP contribution in [0.2, 0.25) is 0 Å². The lowest BCUT2D eigenvalue weighted by atomic mass is 9.51. The third-order valence-corrected chi connectivity index (χ3v) is 11.5. The van der Waals surface area contributed by atoms with Crippen LogP contribution in [0.15, 0.2) is 53.3 Å². The van der Waals surface area contributed by atoms with Crippen LogP contribution in [0.25, 0.3) is 11.1 Å². The first-order valence-corrected chi connectivity index (χ1v) is 16.4. The molecular formula is C36H44N4O5. The van der Waals surface area contributed by atoms with Crippen LogP contribution in [-0.2, 0) is 17.8 Å². The van der Waals surface area contributed by atoms with Gasteiger partial charge in [-0.3, -0.25) is 24.4 Å². The number of carbonyl (C=O) groups is 2. The highest BCUT2D eigenvalue weighted by Crippen LogP contribution is 2.64. The average molecular weight is 613 g/mol. The second kappa shape index (κ2) is 11.0. The van der Waals surface area contributed by atoms with Gasteiger partial charge in [-0.1, -0.05) is 19.4 Å². The molecule has 2 fully saturated rings. The molecular weight excluding hydrogens is 568 g/mol. The number of Topliss-reactive ketones (excluding diaryl/α,β-unsaturated/α-hetero) is 1. The Hall–Kier alpha value is -3.69. The maximum atomic E-state index is 14.4. The molecule has 0 radical (unpaired) electrons. The Bertz CT molecular complexity index is 1640. The smallest absolute Gasteiger partial charge is 0.248 e. The quantitative estimate of drug-likeness (QED) is 0.361. The Labute approximate surface area is 264 Å². The fraction of sp³-hybridized carbons (Fsp3) is 0.528. The van der Waals surface area contributed by atoms with Crippen molar-refractivity contribution in [2.24, 2.45) is 34.8 Å². The lowest BCUT2D eigenvalue weighted by Gasteiger charge is -2.54. The SMILES string of the molecule is CN(C)[C@@H]1C(O)=C(C(N)=O)C(C)(C2CC2)C2C(O)=C3C(=O)c4c(O)ccc(-c5cncc(CN6CCCCC6)c5)c4CC3CC21. The van der Waals surface area contributed by atoms with E-state index in [1.165, 1.54) is 19.3 Å². The number of hydrogen-bond donors (Lipinski definition) is 4. The molecule has 9 nitrogen and oxygen atoms in total. The molecule has 1 amide bonds. The summed E-state index contributed by atoms with van der Waals surface area (Å²) in [5.41, 5.74) is 9.37. The number of aromatic nitrogens is 1. The first-order valence-electron chi connectivity index (χ1n) is 16.4. The number of fused-ring (bicyclic) bond motifs is 3. The number of likely N-dealkylation sites (tertiary alicyclic amines) is 1. The van der Waals surface area contributed by atoms with E-state index >= 15 is 0 Å². The number of primary amides is 1. The Kier molecular flexibility index (Phi) is 7.32. The molecule has 0 bridgehead atoms. The van der Waals surface area contributed by atoms with Crippen LogP contribution in [0.5, 0.6) is 5.75 Å². The molecule has 238 valence electrons. The lowest BCUT2D eigenvalue weighted by molar-refractivity contribution is -0.118. The molecule has 1 saturated carbocycles. The molecule has 0 spiro atoms. The number of ketones is 1. The van der Waals surface area contributed by atoms with Crippen molar-refractivity contribution in [1.29, 1.82) is 0 Å². The van der Waals surface area contributed by atoms with Crippen molar-refractivity contribution in [2.45, 2.75) is 64.5 Å². The van der Waals surface area contributed by atoms with E-state index < -0.39 is 23.3 Å². The van der Waals surface area contributed by atoms with E-state index in [2.05, 4.69) is 16.0 Å². The number of benzene rings is 1. The molecule has 4 aliphatic carbocycles. The highest BCUT2D eigenvalue weighted by Gasteiger charge is 2.63. The van der Waals surface area contributed by atoms with Gasteiger partial charge in [-0.25, -0.2) is 0 Å². The van der Waals surface area contributed by atoms with E-state index in [4.69, 9.17) is 5.73 Å². The number of nitrogens with two attached hydrogens (primary N) is 1. The van der Waals surface area contributed by atoms with Crippen LogP contribution in [0.4, 0.5) is 0 Å². The molecule has 4 unspecified atom stereocenters. The van der Waals surface area contributed by atoms with Gasteiger partial charge in [0.1, 0.15) is 17.3 Å². The van der Waals surface area contributed by atoms with Crippen LogP contribution < -0.4 is 5.73 Å². The molecule has 2 aromatic rings. The molecule has 9 heteroatoms. The summed E-state index contributed by atoms with van der Waals surface area (Å²) >= 11 is 0. The number of rotatable bonds is 6. The second-order valence-electron chi connectivity index (χ2n) is 14.4. The number of allylic oxidation sites excluding steroid dienone is 2. The van der Waals surface area contributed by atoms with Crippen molar-refractivity contribution in [1.82, 2.24) is 14.8 Å².